The monoisotopic (exact) mass is 338 g/mol. The SMILES string of the molecule is CC(NC(=O)C(C)N1CCCC(C(C)O)C1)c1ccc(Cl)cc1. The molecular formula is C18H27ClN2O2. The Kier molecular flexibility index (Phi) is 6.45. The van der Waals surface area contributed by atoms with Crippen LogP contribution in [0.25, 0.3) is 0 Å². The lowest BCUT2D eigenvalue weighted by molar-refractivity contribution is -0.127. The van der Waals surface area contributed by atoms with E-state index >= 15 is 0 Å². The average molecular weight is 339 g/mol. The Morgan fingerprint density at radius 3 is 2.57 bits per heavy atom. The number of rotatable bonds is 5. The number of benzene rings is 1. The first-order chi connectivity index (χ1) is 10.9. The fraction of sp³-hybridized carbons (Fsp3) is 0.611. The molecule has 128 valence electrons. The molecule has 23 heavy (non-hydrogen) atoms. The van der Waals surface area contributed by atoms with E-state index in [-0.39, 0.29) is 30.0 Å². The second-order valence-electron chi connectivity index (χ2n) is 6.60. The van der Waals surface area contributed by atoms with Crippen LogP contribution < -0.4 is 5.32 Å². The molecule has 0 spiro atoms. The van der Waals surface area contributed by atoms with Gasteiger partial charge in [0.2, 0.25) is 5.91 Å². The van der Waals surface area contributed by atoms with Crippen LogP contribution in [0, 0.1) is 5.92 Å². The molecule has 0 aromatic heterocycles. The molecule has 1 heterocycles. The van der Waals surface area contributed by atoms with Gasteiger partial charge < -0.3 is 10.4 Å². The molecule has 1 aliphatic heterocycles. The van der Waals surface area contributed by atoms with E-state index in [1.54, 1.807) is 0 Å². The average Bonchev–Trinajstić information content (AvgIpc) is 2.54. The summed E-state index contributed by atoms with van der Waals surface area (Å²) in [5.74, 6) is 0.284. The van der Waals surface area contributed by atoms with Gasteiger partial charge in [-0.25, -0.2) is 0 Å². The predicted octanol–water partition coefficient (Wildman–Crippen LogP) is 3.00. The van der Waals surface area contributed by atoms with Crippen LogP contribution in [-0.4, -0.2) is 41.1 Å². The van der Waals surface area contributed by atoms with Crippen LogP contribution in [-0.2, 0) is 4.79 Å². The Labute approximate surface area is 143 Å². The molecule has 4 atom stereocenters. The third-order valence-electron chi connectivity index (χ3n) is 4.83. The second kappa shape index (κ2) is 8.13. The second-order valence-corrected chi connectivity index (χ2v) is 7.03. The molecule has 0 bridgehead atoms. The number of likely N-dealkylation sites (tertiary alicyclic amines) is 1. The van der Waals surface area contributed by atoms with Crippen LogP contribution in [0.5, 0.6) is 0 Å². The standard InChI is InChI=1S/C18H27ClN2O2/c1-12(15-6-8-17(19)9-7-15)20-18(23)13(2)21-10-4-5-16(11-21)14(3)22/h6-9,12-14,16,22H,4-5,10-11H2,1-3H3,(H,20,23). The van der Waals surface area contributed by atoms with Gasteiger partial charge in [-0.2, -0.15) is 0 Å². The lowest BCUT2D eigenvalue weighted by Gasteiger charge is -2.37. The first-order valence-electron chi connectivity index (χ1n) is 8.36. The number of hydrogen-bond acceptors (Lipinski definition) is 3. The number of nitrogens with zero attached hydrogens (tertiary/aromatic N) is 1. The Hall–Kier alpha value is -1.10. The number of piperidine rings is 1. The van der Waals surface area contributed by atoms with Gasteiger partial charge in [-0.3, -0.25) is 9.69 Å². The molecule has 1 aliphatic rings. The number of halogens is 1. The van der Waals surface area contributed by atoms with E-state index in [1.807, 2.05) is 45.0 Å². The normalized spacial score (nSPS) is 23.1. The van der Waals surface area contributed by atoms with Gasteiger partial charge >= 0.3 is 0 Å². The number of carbonyl (C=O) groups is 1. The molecule has 1 aromatic carbocycles. The van der Waals surface area contributed by atoms with E-state index in [1.165, 1.54) is 0 Å². The van der Waals surface area contributed by atoms with Gasteiger partial charge in [0.05, 0.1) is 18.2 Å². The minimum absolute atomic E-state index is 0.0266. The van der Waals surface area contributed by atoms with Crippen LogP contribution in [0.15, 0.2) is 24.3 Å². The zero-order valence-electron chi connectivity index (χ0n) is 14.1. The zero-order valence-corrected chi connectivity index (χ0v) is 14.9. The molecule has 5 heteroatoms. The lowest BCUT2D eigenvalue weighted by atomic mass is 9.92. The summed E-state index contributed by atoms with van der Waals surface area (Å²) < 4.78 is 0. The van der Waals surface area contributed by atoms with Gasteiger partial charge in [0.1, 0.15) is 0 Å². The highest BCUT2D eigenvalue weighted by Gasteiger charge is 2.29. The predicted molar refractivity (Wildman–Crippen MR) is 93.4 cm³/mol. The van der Waals surface area contributed by atoms with E-state index in [4.69, 9.17) is 11.6 Å². The molecule has 1 aromatic rings. The minimum Gasteiger partial charge on any atom is -0.393 e. The fourth-order valence-electron chi connectivity index (χ4n) is 3.12. The third kappa shape index (κ3) is 4.93. The lowest BCUT2D eigenvalue weighted by Crippen LogP contribution is -2.50. The highest BCUT2D eigenvalue weighted by atomic mass is 35.5. The van der Waals surface area contributed by atoms with Crippen molar-refractivity contribution in [2.24, 2.45) is 5.92 Å². The molecule has 1 fully saturated rings. The maximum atomic E-state index is 12.5. The molecule has 0 aliphatic carbocycles. The van der Waals surface area contributed by atoms with Crippen molar-refractivity contribution in [1.29, 1.82) is 0 Å². The van der Waals surface area contributed by atoms with Crippen molar-refractivity contribution < 1.29 is 9.90 Å². The van der Waals surface area contributed by atoms with Gasteiger partial charge in [0.25, 0.3) is 0 Å². The Bertz CT molecular complexity index is 518. The van der Waals surface area contributed by atoms with Crippen molar-refractivity contribution in [2.75, 3.05) is 13.1 Å². The summed E-state index contributed by atoms with van der Waals surface area (Å²) in [6.07, 6.45) is 1.74. The number of amides is 1. The maximum absolute atomic E-state index is 12.5. The zero-order chi connectivity index (χ0) is 17.0. The third-order valence-corrected chi connectivity index (χ3v) is 5.08. The highest BCUT2D eigenvalue weighted by Crippen LogP contribution is 2.22. The molecule has 2 N–H and O–H groups in total. The smallest absolute Gasteiger partial charge is 0.237 e. The van der Waals surface area contributed by atoms with Gasteiger partial charge in [-0.15, -0.1) is 0 Å². The number of nitrogens with one attached hydrogen (secondary N) is 1. The highest BCUT2D eigenvalue weighted by molar-refractivity contribution is 6.30. The maximum Gasteiger partial charge on any atom is 0.237 e. The summed E-state index contributed by atoms with van der Waals surface area (Å²) >= 11 is 5.90. The minimum atomic E-state index is -0.318. The summed E-state index contributed by atoms with van der Waals surface area (Å²) in [4.78, 5) is 14.7. The van der Waals surface area contributed by atoms with Gasteiger partial charge in [-0.05, 0) is 63.8 Å². The molecular weight excluding hydrogens is 312 g/mol. The summed E-state index contributed by atoms with van der Waals surface area (Å²) in [5.41, 5.74) is 1.04. The first-order valence-corrected chi connectivity index (χ1v) is 8.74. The van der Waals surface area contributed by atoms with Crippen molar-refractivity contribution in [3.63, 3.8) is 0 Å². The fourth-order valence-corrected chi connectivity index (χ4v) is 3.25. The molecule has 0 radical (unpaired) electrons. The molecule has 4 nitrogen and oxygen atoms in total. The number of carbonyl (C=O) groups excluding carboxylic acids is 1. The summed E-state index contributed by atoms with van der Waals surface area (Å²) in [6.45, 7) is 7.44. The Morgan fingerprint density at radius 2 is 1.96 bits per heavy atom. The van der Waals surface area contributed by atoms with E-state index < -0.39 is 0 Å². The van der Waals surface area contributed by atoms with Crippen molar-refractivity contribution in [3.8, 4) is 0 Å². The number of hydrogen-bond donors (Lipinski definition) is 2. The van der Waals surface area contributed by atoms with E-state index in [0.29, 0.717) is 5.02 Å². The summed E-state index contributed by atoms with van der Waals surface area (Å²) in [7, 11) is 0. The number of aliphatic hydroxyl groups is 1. The van der Waals surface area contributed by atoms with E-state index in [0.717, 1.165) is 31.5 Å². The van der Waals surface area contributed by atoms with Crippen molar-refractivity contribution in [2.45, 2.75) is 51.8 Å². The first kappa shape index (κ1) is 18.2. The quantitative estimate of drug-likeness (QED) is 0.867. The molecule has 1 amide bonds. The van der Waals surface area contributed by atoms with Crippen LogP contribution >= 0.6 is 11.6 Å². The summed E-state index contributed by atoms with van der Waals surface area (Å²) in [6, 6.07) is 7.29. The largest absolute Gasteiger partial charge is 0.393 e. The van der Waals surface area contributed by atoms with E-state index in [9.17, 15) is 9.90 Å². The van der Waals surface area contributed by atoms with Crippen LogP contribution in [0.1, 0.15) is 45.2 Å². The van der Waals surface area contributed by atoms with Crippen molar-refractivity contribution in [3.05, 3.63) is 34.9 Å². The molecule has 1 saturated heterocycles. The Balaban J connectivity index is 1.92. The Morgan fingerprint density at radius 1 is 1.30 bits per heavy atom. The van der Waals surface area contributed by atoms with E-state index in [2.05, 4.69) is 10.2 Å². The van der Waals surface area contributed by atoms with Crippen LogP contribution in [0.4, 0.5) is 0 Å². The number of aliphatic hydroxyl groups excluding tert-OH is 1. The molecule has 4 unspecified atom stereocenters. The van der Waals surface area contributed by atoms with Crippen LogP contribution in [0.3, 0.4) is 0 Å². The van der Waals surface area contributed by atoms with Gasteiger partial charge in [0.15, 0.2) is 0 Å². The molecule has 2 rings (SSSR count). The molecule has 0 saturated carbocycles. The topological polar surface area (TPSA) is 52.6 Å². The van der Waals surface area contributed by atoms with Crippen molar-refractivity contribution >= 4 is 17.5 Å². The van der Waals surface area contributed by atoms with Gasteiger partial charge in [0, 0.05) is 11.6 Å². The van der Waals surface area contributed by atoms with Crippen molar-refractivity contribution in [1.82, 2.24) is 10.2 Å². The summed E-state index contributed by atoms with van der Waals surface area (Å²) in [5, 5.41) is 13.6. The van der Waals surface area contributed by atoms with Crippen LogP contribution in [0.2, 0.25) is 5.02 Å². The van der Waals surface area contributed by atoms with Gasteiger partial charge in [-0.1, -0.05) is 23.7 Å².